The molecular weight excluding hydrogens is 508 g/mol. The van der Waals surface area contributed by atoms with Gasteiger partial charge in [0.2, 0.25) is 11.5 Å². The molecular formula is C33H42O7. The standard InChI is InChI=1S/C33H42O7/c1-22(24-15-16-26-21-27(37-3)18-17-25(26)20-24)33(36)40-19-13-11-9-7-6-8-10-12-14-28-23(2)29(34)31(38-4)32(39-5)30(28)35/h12,14-18,20-22,34-35H,6-11,13,19H2,1-5H3/b14-12+/t22-/m1/s1. The van der Waals surface area contributed by atoms with Gasteiger partial charge >= 0.3 is 5.97 Å². The number of allylic oxidation sites excluding steroid dienone is 1. The molecule has 0 aliphatic carbocycles. The van der Waals surface area contributed by atoms with E-state index in [1.807, 2.05) is 55.5 Å². The van der Waals surface area contributed by atoms with Crippen LogP contribution in [0.25, 0.3) is 16.8 Å². The minimum atomic E-state index is -0.312. The second-order valence-electron chi connectivity index (χ2n) is 9.98. The van der Waals surface area contributed by atoms with Crippen LogP contribution in [0.15, 0.2) is 42.5 Å². The molecule has 0 saturated carbocycles. The highest BCUT2D eigenvalue weighted by Gasteiger charge is 2.21. The van der Waals surface area contributed by atoms with Crippen molar-refractivity contribution in [2.75, 3.05) is 27.9 Å². The Morgan fingerprint density at radius 2 is 1.45 bits per heavy atom. The number of phenolic OH excluding ortho intramolecular Hbond substituents is 2. The fraction of sp³-hybridized carbons (Fsp3) is 0.424. The molecule has 7 heteroatoms. The zero-order valence-electron chi connectivity index (χ0n) is 24.3. The molecule has 0 heterocycles. The second kappa shape index (κ2) is 15.1. The van der Waals surface area contributed by atoms with E-state index >= 15 is 0 Å². The summed E-state index contributed by atoms with van der Waals surface area (Å²) >= 11 is 0. The normalized spacial score (nSPS) is 12.0. The van der Waals surface area contributed by atoms with Crippen LogP contribution in [0.2, 0.25) is 0 Å². The predicted molar refractivity (Wildman–Crippen MR) is 159 cm³/mol. The van der Waals surface area contributed by atoms with Crippen molar-refractivity contribution in [2.24, 2.45) is 0 Å². The lowest BCUT2D eigenvalue weighted by molar-refractivity contribution is -0.145. The van der Waals surface area contributed by atoms with E-state index in [1.165, 1.54) is 14.2 Å². The molecule has 0 radical (unpaired) electrons. The van der Waals surface area contributed by atoms with Crippen LogP contribution in [0.3, 0.4) is 0 Å². The summed E-state index contributed by atoms with van der Waals surface area (Å²) < 4.78 is 21.2. The number of hydrogen-bond donors (Lipinski definition) is 2. The minimum absolute atomic E-state index is 0.0352. The van der Waals surface area contributed by atoms with Crippen LogP contribution in [-0.2, 0) is 9.53 Å². The third kappa shape index (κ3) is 7.62. The number of esters is 1. The molecule has 1 atom stereocenters. The van der Waals surface area contributed by atoms with Crippen molar-refractivity contribution in [1.29, 1.82) is 0 Å². The smallest absolute Gasteiger partial charge is 0.313 e. The number of unbranched alkanes of at least 4 members (excludes halogenated alkanes) is 6. The van der Waals surface area contributed by atoms with Crippen LogP contribution < -0.4 is 14.2 Å². The van der Waals surface area contributed by atoms with Crippen LogP contribution in [0, 0.1) is 6.92 Å². The number of carbonyl (C=O) groups excluding carboxylic acids is 1. The lowest BCUT2D eigenvalue weighted by Crippen LogP contribution is -2.14. The first-order chi connectivity index (χ1) is 19.3. The summed E-state index contributed by atoms with van der Waals surface area (Å²) in [6, 6.07) is 11.9. The van der Waals surface area contributed by atoms with Gasteiger partial charge < -0.3 is 29.2 Å². The number of aromatic hydroxyl groups is 2. The Kier molecular flexibility index (Phi) is 11.5. The Balaban J connectivity index is 1.32. The van der Waals surface area contributed by atoms with Crippen molar-refractivity contribution in [3.8, 4) is 28.7 Å². The van der Waals surface area contributed by atoms with Crippen molar-refractivity contribution in [3.63, 3.8) is 0 Å². The molecule has 0 fully saturated rings. The first-order valence-electron chi connectivity index (χ1n) is 13.9. The molecule has 40 heavy (non-hydrogen) atoms. The molecule has 0 unspecified atom stereocenters. The lowest BCUT2D eigenvalue weighted by Gasteiger charge is -2.16. The molecule has 0 aromatic heterocycles. The first-order valence-corrected chi connectivity index (χ1v) is 13.9. The Hall–Kier alpha value is -3.87. The number of rotatable bonds is 15. The fourth-order valence-electron chi connectivity index (χ4n) is 4.74. The van der Waals surface area contributed by atoms with Crippen LogP contribution in [0.1, 0.15) is 74.5 Å². The molecule has 3 rings (SSSR count). The van der Waals surface area contributed by atoms with Gasteiger partial charge in [0.25, 0.3) is 0 Å². The number of hydrogen-bond acceptors (Lipinski definition) is 7. The topological polar surface area (TPSA) is 94.5 Å². The molecule has 0 aliphatic heterocycles. The molecule has 0 amide bonds. The van der Waals surface area contributed by atoms with Crippen LogP contribution in [0.4, 0.5) is 0 Å². The van der Waals surface area contributed by atoms with Crippen LogP contribution in [0.5, 0.6) is 28.7 Å². The monoisotopic (exact) mass is 550 g/mol. The molecule has 0 spiro atoms. The van der Waals surface area contributed by atoms with Gasteiger partial charge in [-0.3, -0.25) is 4.79 Å². The van der Waals surface area contributed by atoms with Crippen molar-refractivity contribution in [1.82, 2.24) is 0 Å². The summed E-state index contributed by atoms with van der Waals surface area (Å²) in [6.07, 6.45) is 10.9. The number of methoxy groups -OCH3 is 3. The van der Waals surface area contributed by atoms with Gasteiger partial charge in [0.05, 0.1) is 33.9 Å². The van der Waals surface area contributed by atoms with E-state index in [9.17, 15) is 15.0 Å². The maximum atomic E-state index is 12.6. The second-order valence-corrected chi connectivity index (χ2v) is 9.98. The van der Waals surface area contributed by atoms with Gasteiger partial charge in [-0.25, -0.2) is 0 Å². The number of fused-ring (bicyclic) bond motifs is 1. The highest BCUT2D eigenvalue weighted by Crippen LogP contribution is 2.48. The van der Waals surface area contributed by atoms with Crippen LogP contribution >= 0.6 is 0 Å². The van der Waals surface area contributed by atoms with Crippen molar-refractivity contribution < 1.29 is 34.0 Å². The number of carbonyl (C=O) groups is 1. The van der Waals surface area contributed by atoms with E-state index in [2.05, 4.69) is 0 Å². The highest BCUT2D eigenvalue weighted by molar-refractivity contribution is 5.86. The molecule has 7 nitrogen and oxygen atoms in total. The van der Waals surface area contributed by atoms with Gasteiger partial charge in [0.1, 0.15) is 5.75 Å². The third-order valence-corrected chi connectivity index (χ3v) is 7.28. The largest absolute Gasteiger partial charge is 0.504 e. The zero-order valence-corrected chi connectivity index (χ0v) is 24.3. The molecule has 0 bridgehead atoms. The minimum Gasteiger partial charge on any atom is -0.504 e. The number of ether oxygens (including phenoxy) is 4. The van der Waals surface area contributed by atoms with E-state index in [4.69, 9.17) is 18.9 Å². The molecule has 0 aliphatic rings. The zero-order chi connectivity index (χ0) is 29.1. The van der Waals surface area contributed by atoms with E-state index in [0.717, 1.165) is 67.0 Å². The van der Waals surface area contributed by atoms with E-state index in [1.54, 1.807) is 14.0 Å². The Morgan fingerprint density at radius 3 is 2.15 bits per heavy atom. The van der Waals surface area contributed by atoms with Gasteiger partial charge in [0.15, 0.2) is 11.5 Å². The molecule has 2 N–H and O–H groups in total. The molecule has 3 aromatic rings. The molecule has 3 aromatic carbocycles. The van der Waals surface area contributed by atoms with E-state index < -0.39 is 0 Å². The van der Waals surface area contributed by atoms with Gasteiger partial charge in [-0.05, 0) is 61.6 Å². The summed E-state index contributed by atoms with van der Waals surface area (Å²) in [4.78, 5) is 12.6. The number of benzene rings is 3. The maximum Gasteiger partial charge on any atom is 0.313 e. The summed E-state index contributed by atoms with van der Waals surface area (Å²) in [6.45, 7) is 4.06. The quantitative estimate of drug-likeness (QED) is 0.114. The molecule has 216 valence electrons. The summed E-state index contributed by atoms with van der Waals surface area (Å²) in [7, 11) is 4.50. The predicted octanol–water partition coefficient (Wildman–Crippen LogP) is 7.68. The van der Waals surface area contributed by atoms with Crippen LogP contribution in [-0.4, -0.2) is 44.1 Å². The lowest BCUT2D eigenvalue weighted by atomic mass is 9.98. The fourth-order valence-corrected chi connectivity index (χ4v) is 4.74. The third-order valence-electron chi connectivity index (χ3n) is 7.28. The van der Waals surface area contributed by atoms with Gasteiger partial charge in [-0.15, -0.1) is 0 Å². The molecule has 0 saturated heterocycles. The van der Waals surface area contributed by atoms with Gasteiger partial charge in [-0.1, -0.05) is 62.1 Å². The number of phenols is 2. The maximum absolute atomic E-state index is 12.6. The van der Waals surface area contributed by atoms with E-state index in [0.29, 0.717) is 17.7 Å². The van der Waals surface area contributed by atoms with Crippen molar-refractivity contribution in [3.05, 3.63) is 59.2 Å². The average molecular weight is 551 g/mol. The average Bonchev–Trinajstić information content (AvgIpc) is 2.97. The SMILES string of the molecule is COc1ccc2cc([C@@H](C)C(=O)OCCCCCCCC/C=C/c3c(C)c(O)c(OC)c(OC)c3O)ccc2c1. The summed E-state index contributed by atoms with van der Waals surface area (Å²) in [5, 5.41) is 23.0. The van der Waals surface area contributed by atoms with Crippen molar-refractivity contribution >= 4 is 22.8 Å². The Morgan fingerprint density at radius 1 is 0.825 bits per heavy atom. The van der Waals surface area contributed by atoms with Gasteiger partial charge in [-0.2, -0.15) is 0 Å². The highest BCUT2D eigenvalue weighted by atomic mass is 16.5. The Bertz CT molecular complexity index is 1310. The summed E-state index contributed by atoms with van der Waals surface area (Å²) in [5.41, 5.74) is 2.02. The summed E-state index contributed by atoms with van der Waals surface area (Å²) in [5.74, 6) is 0.489. The first kappa shape index (κ1) is 30.7. The Labute approximate surface area is 237 Å². The van der Waals surface area contributed by atoms with Crippen molar-refractivity contribution in [2.45, 2.75) is 64.7 Å². The van der Waals surface area contributed by atoms with E-state index in [-0.39, 0.29) is 34.9 Å². The van der Waals surface area contributed by atoms with Gasteiger partial charge in [0, 0.05) is 11.1 Å².